The molecule has 116 valence electrons. The van der Waals surface area contributed by atoms with E-state index in [-0.39, 0.29) is 23.9 Å². The van der Waals surface area contributed by atoms with Gasteiger partial charge in [0.1, 0.15) is 0 Å². The van der Waals surface area contributed by atoms with Crippen molar-refractivity contribution in [1.29, 1.82) is 0 Å². The Hall–Kier alpha value is -2.11. The van der Waals surface area contributed by atoms with Crippen molar-refractivity contribution >= 4 is 29.2 Å². The predicted molar refractivity (Wildman–Crippen MR) is 89.7 cm³/mol. The number of nitrogens with one attached hydrogen (secondary N) is 3. The van der Waals surface area contributed by atoms with Crippen LogP contribution in [0.4, 0.5) is 0 Å². The number of carbonyl (C=O) groups excluding carboxylic acids is 1. The van der Waals surface area contributed by atoms with E-state index in [9.17, 15) is 9.59 Å². The lowest BCUT2D eigenvalue weighted by atomic mass is 10.1. The van der Waals surface area contributed by atoms with Crippen LogP contribution in [0.2, 0.25) is 0 Å². The van der Waals surface area contributed by atoms with Gasteiger partial charge in [0.05, 0.1) is 5.56 Å². The number of fused-ring (bicyclic) bond motifs is 1. The third-order valence-electron chi connectivity index (χ3n) is 3.63. The summed E-state index contributed by atoms with van der Waals surface area (Å²) in [5, 5.41) is 6.89. The molecule has 0 radical (unpaired) electrons. The second-order valence-electron chi connectivity index (χ2n) is 5.09. The Bertz CT molecular complexity index is 767. The highest BCUT2D eigenvalue weighted by Gasteiger charge is 2.12. The van der Waals surface area contributed by atoms with Crippen LogP contribution in [0.5, 0.6) is 0 Å². The first-order chi connectivity index (χ1) is 10.2. The van der Waals surface area contributed by atoms with Crippen molar-refractivity contribution in [2.24, 2.45) is 0 Å². The second-order valence-corrected chi connectivity index (χ2v) is 5.09. The van der Waals surface area contributed by atoms with Crippen LogP contribution >= 0.6 is 12.4 Å². The van der Waals surface area contributed by atoms with Crippen LogP contribution in [0.25, 0.3) is 10.9 Å². The van der Waals surface area contributed by atoms with Crippen molar-refractivity contribution in [3.63, 3.8) is 0 Å². The average Bonchev–Trinajstić information content (AvgIpc) is 2.52. The monoisotopic (exact) mass is 319 g/mol. The van der Waals surface area contributed by atoms with Crippen LogP contribution in [-0.2, 0) is 0 Å². The number of rotatable bonds is 3. The smallest absolute Gasteiger partial charge is 0.252 e. The summed E-state index contributed by atoms with van der Waals surface area (Å²) in [4.78, 5) is 26.7. The molecule has 2 heterocycles. The van der Waals surface area contributed by atoms with E-state index in [0.29, 0.717) is 17.6 Å². The Balaban J connectivity index is 0.00000176. The van der Waals surface area contributed by atoms with Gasteiger partial charge in [0, 0.05) is 30.1 Å². The number of halogens is 1. The maximum Gasteiger partial charge on any atom is 0.252 e. The maximum atomic E-state index is 12.3. The fourth-order valence-corrected chi connectivity index (χ4v) is 2.51. The lowest BCUT2D eigenvalue weighted by Gasteiger charge is -2.15. The van der Waals surface area contributed by atoms with Gasteiger partial charge in [-0.15, -0.1) is 12.4 Å². The van der Waals surface area contributed by atoms with E-state index in [1.807, 2.05) is 18.2 Å². The van der Waals surface area contributed by atoms with Gasteiger partial charge >= 0.3 is 0 Å². The molecule has 1 aromatic carbocycles. The number of aromatic nitrogens is 1. The predicted octanol–water partition coefficient (Wildman–Crippen LogP) is 1.60. The molecular weight excluding hydrogens is 302 g/mol. The maximum absolute atomic E-state index is 12.3. The van der Waals surface area contributed by atoms with Gasteiger partial charge in [-0.2, -0.15) is 0 Å². The Morgan fingerprint density at radius 2 is 2.09 bits per heavy atom. The molecule has 3 rings (SSSR count). The molecule has 0 unspecified atom stereocenters. The number of amides is 1. The zero-order valence-electron chi connectivity index (χ0n) is 12.0. The number of carbonyl (C=O) groups is 1. The van der Waals surface area contributed by atoms with Crippen molar-refractivity contribution < 1.29 is 4.79 Å². The van der Waals surface area contributed by atoms with E-state index < -0.39 is 0 Å². The second kappa shape index (κ2) is 7.24. The zero-order chi connectivity index (χ0) is 14.7. The first kappa shape index (κ1) is 16.3. The van der Waals surface area contributed by atoms with Crippen LogP contribution in [0.15, 0.2) is 46.8 Å². The molecule has 6 heteroatoms. The summed E-state index contributed by atoms with van der Waals surface area (Å²) in [6.07, 6.45) is 3.04. The summed E-state index contributed by atoms with van der Waals surface area (Å²) >= 11 is 0. The molecule has 0 fully saturated rings. The van der Waals surface area contributed by atoms with Gasteiger partial charge in [-0.3, -0.25) is 9.59 Å². The van der Waals surface area contributed by atoms with E-state index in [1.54, 1.807) is 6.07 Å². The lowest BCUT2D eigenvalue weighted by molar-refractivity contribution is 0.0958. The molecule has 3 N–H and O–H groups in total. The molecule has 5 nitrogen and oxygen atoms in total. The molecular formula is C16H18ClN3O2. The molecule has 0 aliphatic carbocycles. The zero-order valence-corrected chi connectivity index (χ0v) is 12.8. The van der Waals surface area contributed by atoms with Gasteiger partial charge in [0.25, 0.3) is 5.91 Å². The first-order valence-corrected chi connectivity index (χ1v) is 7.03. The highest BCUT2D eigenvalue weighted by molar-refractivity contribution is 6.05. The SMILES string of the molecule is Cl.O=C(NCC1=CCNCC1)c1cc(=O)[nH]c2ccccc12. The van der Waals surface area contributed by atoms with Crippen molar-refractivity contribution in [2.75, 3.05) is 19.6 Å². The van der Waals surface area contributed by atoms with Crippen LogP contribution in [0.3, 0.4) is 0 Å². The number of hydrogen-bond donors (Lipinski definition) is 3. The summed E-state index contributed by atoms with van der Waals surface area (Å²) in [6, 6.07) is 8.67. The molecule has 0 saturated carbocycles. The average molecular weight is 320 g/mol. The molecule has 0 bridgehead atoms. The number of hydrogen-bond acceptors (Lipinski definition) is 3. The minimum absolute atomic E-state index is 0. The van der Waals surface area contributed by atoms with E-state index in [4.69, 9.17) is 0 Å². The largest absolute Gasteiger partial charge is 0.348 e. The fourth-order valence-electron chi connectivity index (χ4n) is 2.51. The van der Waals surface area contributed by atoms with Crippen LogP contribution in [0, 0.1) is 0 Å². The van der Waals surface area contributed by atoms with E-state index in [0.717, 1.165) is 24.9 Å². The molecule has 1 amide bonds. The summed E-state index contributed by atoms with van der Waals surface area (Å²) in [5.74, 6) is -0.211. The minimum Gasteiger partial charge on any atom is -0.348 e. The Morgan fingerprint density at radius 3 is 2.86 bits per heavy atom. The molecule has 1 aromatic heterocycles. The summed E-state index contributed by atoms with van der Waals surface area (Å²) < 4.78 is 0. The van der Waals surface area contributed by atoms with Gasteiger partial charge in [0.15, 0.2) is 0 Å². The molecule has 22 heavy (non-hydrogen) atoms. The quantitative estimate of drug-likeness (QED) is 0.752. The Kier molecular flexibility index (Phi) is 5.35. The third-order valence-corrected chi connectivity index (χ3v) is 3.63. The standard InChI is InChI=1S/C16H17N3O2.ClH/c20-15-9-13(12-3-1-2-4-14(12)19-15)16(21)18-10-11-5-7-17-8-6-11;/h1-5,9,17H,6-8,10H2,(H,18,21)(H,19,20);1H. The van der Waals surface area contributed by atoms with Crippen LogP contribution < -0.4 is 16.2 Å². The molecule has 1 aliphatic rings. The molecule has 0 spiro atoms. The van der Waals surface area contributed by atoms with Crippen molar-refractivity contribution in [1.82, 2.24) is 15.6 Å². The fraction of sp³-hybridized carbons (Fsp3) is 0.250. The van der Waals surface area contributed by atoms with Gasteiger partial charge in [-0.25, -0.2) is 0 Å². The summed E-state index contributed by atoms with van der Waals surface area (Å²) in [5.41, 5.74) is 2.05. The molecule has 0 saturated heterocycles. The van der Waals surface area contributed by atoms with Crippen molar-refractivity contribution in [3.05, 3.63) is 57.9 Å². The molecule has 2 aromatic rings. The highest BCUT2D eigenvalue weighted by Crippen LogP contribution is 2.14. The van der Waals surface area contributed by atoms with Gasteiger partial charge < -0.3 is 15.6 Å². The van der Waals surface area contributed by atoms with E-state index in [1.165, 1.54) is 11.6 Å². The number of aromatic amines is 1. The van der Waals surface area contributed by atoms with Gasteiger partial charge in [0.2, 0.25) is 5.56 Å². The molecule has 1 aliphatic heterocycles. The third kappa shape index (κ3) is 3.55. The Labute approximate surface area is 134 Å². The van der Waals surface area contributed by atoms with E-state index >= 15 is 0 Å². The molecule has 0 atom stereocenters. The topological polar surface area (TPSA) is 74.0 Å². The van der Waals surface area contributed by atoms with Crippen molar-refractivity contribution in [3.8, 4) is 0 Å². The Morgan fingerprint density at radius 1 is 1.27 bits per heavy atom. The lowest BCUT2D eigenvalue weighted by Crippen LogP contribution is -2.30. The highest BCUT2D eigenvalue weighted by atomic mass is 35.5. The van der Waals surface area contributed by atoms with Crippen LogP contribution in [-0.4, -0.2) is 30.5 Å². The number of pyridine rings is 1. The van der Waals surface area contributed by atoms with Crippen LogP contribution in [0.1, 0.15) is 16.8 Å². The normalized spacial score (nSPS) is 14.1. The number of para-hydroxylation sites is 1. The summed E-state index contributed by atoms with van der Waals surface area (Å²) in [7, 11) is 0. The minimum atomic E-state index is -0.264. The van der Waals surface area contributed by atoms with Gasteiger partial charge in [-0.1, -0.05) is 29.8 Å². The van der Waals surface area contributed by atoms with Gasteiger partial charge in [-0.05, 0) is 19.0 Å². The summed E-state index contributed by atoms with van der Waals surface area (Å²) in [6.45, 7) is 2.32. The number of H-pyrrole nitrogens is 1. The van der Waals surface area contributed by atoms with Crippen molar-refractivity contribution in [2.45, 2.75) is 6.42 Å². The van der Waals surface area contributed by atoms with E-state index in [2.05, 4.69) is 21.7 Å². The number of benzene rings is 1. The first-order valence-electron chi connectivity index (χ1n) is 7.03.